The van der Waals surface area contributed by atoms with Crippen LogP contribution in [0.4, 0.5) is 5.69 Å². The van der Waals surface area contributed by atoms with E-state index in [-0.39, 0.29) is 15.5 Å². The number of halogens is 1. The van der Waals surface area contributed by atoms with Crippen LogP contribution in [-0.4, -0.2) is 16.8 Å². The number of benzene rings is 2. The number of nitrogens with two attached hydrogens (primary N) is 1. The second kappa shape index (κ2) is 5.88. The Balaban J connectivity index is 2.33. The minimum atomic E-state index is -3.82. The first-order valence-electron chi connectivity index (χ1n) is 6.01. The number of aryl methyl sites for hydroxylation is 1. The maximum absolute atomic E-state index is 12.3. The second-order valence-electron chi connectivity index (χ2n) is 4.58. The third kappa shape index (κ3) is 3.77. The van der Waals surface area contributed by atoms with Crippen molar-refractivity contribution in [1.82, 2.24) is 0 Å². The van der Waals surface area contributed by atoms with E-state index in [1.807, 2.05) is 0 Å². The highest BCUT2D eigenvalue weighted by molar-refractivity contribution is 7.92. The Labute approximate surface area is 134 Å². The average molecular weight is 361 g/mol. The van der Waals surface area contributed by atoms with Gasteiger partial charge >= 0.3 is 0 Å². The lowest BCUT2D eigenvalue weighted by Crippen LogP contribution is -2.15. The first kappa shape index (κ1) is 16.8. The highest BCUT2D eigenvalue weighted by Gasteiger charge is 2.17. The van der Waals surface area contributed by atoms with Gasteiger partial charge in [0.25, 0.3) is 10.0 Å². The summed E-state index contributed by atoms with van der Waals surface area (Å²) in [6.07, 6.45) is 0. The summed E-state index contributed by atoms with van der Waals surface area (Å²) in [6, 6.07) is 9.51. The van der Waals surface area contributed by atoms with Gasteiger partial charge in [-0.05, 0) is 55.0 Å². The molecule has 0 radical (unpaired) electrons. The van der Waals surface area contributed by atoms with Crippen molar-refractivity contribution in [3.05, 3.63) is 53.1 Å². The molecule has 22 heavy (non-hydrogen) atoms. The molecule has 118 valence electrons. The van der Waals surface area contributed by atoms with E-state index in [9.17, 15) is 16.8 Å². The maximum atomic E-state index is 12.3. The van der Waals surface area contributed by atoms with E-state index >= 15 is 0 Å². The first-order chi connectivity index (χ1) is 10.1. The molecule has 0 bridgehead atoms. The van der Waals surface area contributed by atoms with Crippen LogP contribution >= 0.6 is 11.6 Å². The molecule has 2 rings (SSSR count). The predicted molar refractivity (Wildman–Crippen MR) is 84.8 cm³/mol. The van der Waals surface area contributed by atoms with Crippen LogP contribution in [0.15, 0.2) is 52.3 Å². The number of hydrogen-bond donors (Lipinski definition) is 2. The van der Waals surface area contributed by atoms with E-state index in [0.29, 0.717) is 10.6 Å². The van der Waals surface area contributed by atoms with Gasteiger partial charge in [0, 0.05) is 10.7 Å². The summed E-state index contributed by atoms with van der Waals surface area (Å²) >= 11 is 5.80. The highest BCUT2D eigenvalue weighted by Crippen LogP contribution is 2.22. The summed E-state index contributed by atoms with van der Waals surface area (Å²) in [5.41, 5.74) is 0.725. The van der Waals surface area contributed by atoms with Crippen molar-refractivity contribution < 1.29 is 16.8 Å². The minimum Gasteiger partial charge on any atom is -0.280 e. The molecule has 6 nitrogen and oxygen atoms in total. The molecule has 2 aromatic rings. The van der Waals surface area contributed by atoms with Gasteiger partial charge in [0.15, 0.2) is 0 Å². The Morgan fingerprint density at radius 1 is 1.00 bits per heavy atom. The fraction of sp³-hybridized carbons (Fsp3) is 0.0769. The molecule has 0 aliphatic heterocycles. The van der Waals surface area contributed by atoms with Crippen LogP contribution in [0.3, 0.4) is 0 Å². The Morgan fingerprint density at radius 2 is 1.59 bits per heavy atom. The molecule has 3 N–H and O–H groups in total. The largest absolute Gasteiger partial charge is 0.280 e. The van der Waals surface area contributed by atoms with Crippen LogP contribution in [0.25, 0.3) is 0 Å². The van der Waals surface area contributed by atoms with Crippen LogP contribution in [-0.2, 0) is 20.0 Å². The zero-order chi connectivity index (χ0) is 16.5. The molecule has 0 aliphatic carbocycles. The van der Waals surface area contributed by atoms with Crippen molar-refractivity contribution in [3.8, 4) is 0 Å². The van der Waals surface area contributed by atoms with Gasteiger partial charge in [-0.1, -0.05) is 11.6 Å². The molecule has 0 amide bonds. The van der Waals surface area contributed by atoms with Crippen LogP contribution in [0.5, 0.6) is 0 Å². The summed E-state index contributed by atoms with van der Waals surface area (Å²) in [7, 11) is -7.62. The topological polar surface area (TPSA) is 106 Å². The quantitative estimate of drug-likeness (QED) is 0.870. The SMILES string of the molecule is Cc1cc(Cl)ccc1S(=O)(=O)Nc1ccc(S(N)(=O)=O)cc1. The molecule has 0 saturated carbocycles. The summed E-state index contributed by atoms with van der Waals surface area (Å²) in [4.78, 5) is -0.00876. The van der Waals surface area contributed by atoms with Crippen LogP contribution < -0.4 is 9.86 Å². The molecule has 0 heterocycles. The molecule has 2 aromatic carbocycles. The van der Waals surface area contributed by atoms with Crippen molar-refractivity contribution in [1.29, 1.82) is 0 Å². The van der Waals surface area contributed by atoms with Gasteiger partial charge < -0.3 is 0 Å². The predicted octanol–water partition coefficient (Wildman–Crippen LogP) is 2.10. The molecular formula is C13H13ClN2O4S2. The Hall–Kier alpha value is -1.61. The minimum absolute atomic E-state index is 0.0902. The standard InChI is InChI=1S/C13H13ClN2O4S2/c1-9-8-10(14)2-7-13(9)22(19,20)16-11-3-5-12(6-4-11)21(15,17)18/h2-8,16H,1H3,(H2,15,17,18). The highest BCUT2D eigenvalue weighted by atomic mass is 35.5. The lowest BCUT2D eigenvalue weighted by molar-refractivity contribution is 0.597. The van der Waals surface area contributed by atoms with E-state index < -0.39 is 20.0 Å². The van der Waals surface area contributed by atoms with Crippen LogP contribution in [0.1, 0.15) is 5.56 Å². The van der Waals surface area contributed by atoms with Gasteiger partial charge in [0.2, 0.25) is 10.0 Å². The van der Waals surface area contributed by atoms with E-state index in [1.54, 1.807) is 13.0 Å². The molecular weight excluding hydrogens is 348 g/mol. The number of hydrogen-bond acceptors (Lipinski definition) is 4. The Kier molecular flexibility index (Phi) is 4.48. The number of rotatable bonds is 4. The molecule has 0 unspecified atom stereocenters. The van der Waals surface area contributed by atoms with E-state index in [1.165, 1.54) is 36.4 Å². The van der Waals surface area contributed by atoms with E-state index in [0.717, 1.165) is 0 Å². The molecule has 0 atom stereocenters. The van der Waals surface area contributed by atoms with Gasteiger partial charge in [-0.15, -0.1) is 0 Å². The van der Waals surface area contributed by atoms with Gasteiger partial charge in [-0.2, -0.15) is 0 Å². The van der Waals surface area contributed by atoms with Crippen molar-refractivity contribution in [3.63, 3.8) is 0 Å². The second-order valence-corrected chi connectivity index (χ2v) is 8.23. The molecule has 0 aliphatic rings. The molecule has 0 fully saturated rings. The summed E-state index contributed by atoms with van der Waals surface area (Å²) in [5, 5.41) is 5.42. The fourth-order valence-corrected chi connectivity index (χ4v) is 3.87. The van der Waals surface area contributed by atoms with Gasteiger partial charge in [0.05, 0.1) is 9.79 Å². The van der Waals surface area contributed by atoms with Gasteiger partial charge in [-0.3, -0.25) is 4.72 Å². The molecule has 0 spiro atoms. The van der Waals surface area contributed by atoms with Gasteiger partial charge in [-0.25, -0.2) is 22.0 Å². The van der Waals surface area contributed by atoms with Crippen molar-refractivity contribution in [2.45, 2.75) is 16.7 Å². The zero-order valence-electron chi connectivity index (χ0n) is 11.4. The fourth-order valence-electron chi connectivity index (χ4n) is 1.84. The third-order valence-electron chi connectivity index (χ3n) is 2.86. The number of nitrogens with one attached hydrogen (secondary N) is 1. The molecule has 0 aromatic heterocycles. The number of anilines is 1. The van der Waals surface area contributed by atoms with Crippen molar-refractivity contribution in [2.24, 2.45) is 5.14 Å². The normalized spacial score (nSPS) is 12.1. The van der Waals surface area contributed by atoms with E-state index in [4.69, 9.17) is 16.7 Å². The lowest BCUT2D eigenvalue weighted by atomic mass is 10.2. The molecule has 0 saturated heterocycles. The molecule has 9 heteroatoms. The zero-order valence-corrected chi connectivity index (χ0v) is 13.8. The summed E-state index contributed by atoms with van der Waals surface area (Å²) < 4.78 is 49.3. The van der Waals surface area contributed by atoms with Crippen LogP contribution in [0, 0.1) is 6.92 Å². The van der Waals surface area contributed by atoms with E-state index in [2.05, 4.69) is 4.72 Å². The number of primary sulfonamides is 1. The lowest BCUT2D eigenvalue weighted by Gasteiger charge is -2.11. The van der Waals surface area contributed by atoms with Crippen molar-refractivity contribution >= 4 is 37.3 Å². The van der Waals surface area contributed by atoms with Crippen LogP contribution in [0.2, 0.25) is 5.02 Å². The Morgan fingerprint density at radius 3 is 2.09 bits per heavy atom. The summed E-state index contributed by atoms with van der Waals surface area (Å²) in [5.74, 6) is 0. The third-order valence-corrected chi connectivity index (χ3v) is 5.57. The van der Waals surface area contributed by atoms with Gasteiger partial charge in [0.1, 0.15) is 0 Å². The smallest absolute Gasteiger partial charge is 0.262 e. The number of sulfonamides is 2. The Bertz CT molecular complexity index is 908. The van der Waals surface area contributed by atoms with Crippen molar-refractivity contribution in [2.75, 3.05) is 4.72 Å². The average Bonchev–Trinajstić information content (AvgIpc) is 2.37. The maximum Gasteiger partial charge on any atom is 0.262 e. The monoisotopic (exact) mass is 360 g/mol. The summed E-state index contributed by atoms with van der Waals surface area (Å²) in [6.45, 7) is 1.63. The first-order valence-corrected chi connectivity index (χ1v) is 9.42.